The van der Waals surface area contributed by atoms with Crippen molar-refractivity contribution in [1.29, 1.82) is 0 Å². The van der Waals surface area contributed by atoms with Gasteiger partial charge in [-0.3, -0.25) is 0 Å². The maximum Gasteiger partial charge on any atom is 0 e. The summed E-state index contributed by atoms with van der Waals surface area (Å²) in [6, 6.07) is 70.3. The summed E-state index contributed by atoms with van der Waals surface area (Å²) in [6.07, 6.45) is 0. The Kier molecular flexibility index (Phi) is 472. The molecule has 0 unspecified atom stereocenters. The maximum atomic E-state index is 2.08. The second-order valence-corrected chi connectivity index (χ2v) is 7.43. The third-order valence-electron chi connectivity index (χ3n) is 4.27. The Hall–Kier alpha value is -0.264. The van der Waals surface area contributed by atoms with Crippen molar-refractivity contribution in [2.24, 2.45) is 0 Å². The Morgan fingerprint density at radius 2 is 0.197 bits per heavy atom. The van der Waals surface area contributed by atoms with Crippen molar-refractivity contribution in [1.82, 2.24) is 0 Å². The Labute approximate surface area is 559 Å². The molecule has 6 aromatic rings. The van der Waals surface area contributed by atoms with Crippen LogP contribution in [0.25, 0.3) is 0 Å². The van der Waals surface area contributed by atoms with Gasteiger partial charge in [-0.25, -0.2) is 0 Å². The Morgan fingerprint density at radius 3 is 0.239 bits per heavy atom. The molecule has 0 spiro atoms. The molecule has 6 aromatic carbocycles. The fourth-order valence-electron chi connectivity index (χ4n) is 2.46. The molecule has 0 fully saturated rings. The zero-order valence-corrected chi connectivity index (χ0v) is 65.4. The van der Waals surface area contributed by atoms with Crippen molar-refractivity contribution in [3.63, 3.8) is 0 Å². The molecular formula is C67H128Y4-6. The van der Waals surface area contributed by atoms with Crippen molar-refractivity contribution in [3.8, 4) is 0 Å². The van der Waals surface area contributed by atoms with Gasteiger partial charge in [-0.1, -0.05) is 384 Å². The molecule has 0 bridgehead atoms. The minimum Gasteiger partial charge on any atom is -0.358 e. The van der Waals surface area contributed by atoms with Crippen LogP contribution in [0.4, 0.5) is 0 Å². The van der Waals surface area contributed by atoms with Gasteiger partial charge in [0.25, 0.3) is 0 Å². The number of hydrogen-bond acceptors (Lipinski definition) is 0. The molecule has 0 aliphatic rings. The fraction of sp³-hybridized carbons (Fsp3) is 0.373. The predicted octanol–water partition coefficient (Wildman–Crippen LogP) is 25.4. The minimum absolute atomic E-state index is 0. The van der Waals surface area contributed by atoms with Gasteiger partial charge < -0.3 is 44.6 Å². The first-order chi connectivity index (χ1) is 30.4. The minimum atomic E-state index is 0. The van der Waals surface area contributed by atoms with Gasteiger partial charge in [0.05, 0.1) is 0 Å². The third kappa shape index (κ3) is 225. The summed E-state index contributed by atoms with van der Waals surface area (Å²) in [5.74, 6) is 0. The molecule has 0 saturated heterocycles. The van der Waals surface area contributed by atoms with Crippen LogP contribution in [0.1, 0.15) is 172 Å². The van der Waals surface area contributed by atoms with Gasteiger partial charge in [0, 0.05) is 131 Å². The van der Waals surface area contributed by atoms with E-state index in [1.807, 2.05) is 366 Å². The molecule has 0 amide bonds. The molecule has 0 N–H and O–H groups in total. The van der Waals surface area contributed by atoms with Crippen LogP contribution in [0.2, 0.25) is 0 Å². The summed E-state index contributed by atoms with van der Waals surface area (Å²) < 4.78 is 0. The molecule has 71 heavy (non-hydrogen) atoms. The van der Waals surface area contributed by atoms with E-state index in [-0.39, 0.29) is 175 Å². The summed E-state index contributed by atoms with van der Waals surface area (Å²) in [4.78, 5) is 0. The van der Waals surface area contributed by atoms with Crippen molar-refractivity contribution in [3.05, 3.63) is 262 Å². The van der Waals surface area contributed by atoms with E-state index in [2.05, 4.69) is 19.1 Å². The Morgan fingerprint density at radius 1 is 0.141 bits per heavy atom. The van der Waals surface area contributed by atoms with Crippen LogP contribution in [0.15, 0.2) is 212 Å². The van der Waals surface area contributed by atoms with Crippen molar-refractivity contribution < 1.29 is 131 Å². The van der Waals surface area contributed by atoms with E-state index in [1.54, 1.807) is 0 Å². The van der Waals surface area contributed by atoms with Crippen LogP contribution in [0, 0.1) is 51.5 Å². The fourth-order valence-corrected chi connectivity index (χ4v) is 2.46. The number of hydrogen-bond donors (Lipinski definition) is 0. The van der Waals surface area contributed by atoms with Gasteiger partial charge >= 0.3 is 0 Å². The predicted molar refractivity (Wildman–Crippen MR) is 338 cm³/mol. The standard InChI is InChI=1S/C7H8.5C6H6.12C2H6.6CH3.4Y/c1-7-5-3-2-4-6-7;5*1-2-4-6-5-3-1;12*1-2;;;;;;;;;;/h2-6H,1H3;5*1-6H;12*1-2H3;6*1H3;;;;/q;;;;;;;;;;;;;;;;;;6*-1;;;;. The Bertz CT molecular complexity index is 833. The summed E-state index contributed by atoms with van der Waals surface area (Å²) in [5.41, 5.74) is 1.32. The van der Waals surface area contributed by atoms with E-state index in [0.29, 0.717) is 0 Å². The molecular weight excluding hydrogens is 1160 g/mol. The smallest absolute Gasteiger partial charge is 0 e. The number of rotatable bonds is 0. The zero-order valence-electron chi connectivity index (χ0n) is 54.0. The van der Waals surface area contributed by atoms with Crippen LogP contribution in [0.3, 0.4) is 0 Å². The van der Waals surface area contributed by atoms with Crippen LogP contribution in [-0.4, -0.2) is 0 Å². The van der Waals surface area contributed by atoms with E-state index >= 15 is 0 Å². The van der Waals surface area contributed by atoms with E-state index < -0.39 is 0 Å². The molecule has 4 radical (unpaired) electrons. The van der Waals surface area contributed by atoms with E-state index in [0.717, 1.165) is 0 Å². The van der Waals surface area contributed by atoms with Crippen LogP contribution in [0.5, 0.6) is 0 Å². The van der Waals surface area contributed by atoms with E-state index in [9.17, 15) is 0 Å². The van der Waals surface area contributed by atoms with Crippen LogP contribution >= 0.6 is 0 Å². The monoisotopic (exact) mass is 1290 g/mol. The zero-order chi connectivity index (χ0) is 50.3. The number of aryl methyl sites for hydroxylation is 1. The summed E-state index contributed by atoms with van der Waals surface area (Å²) in [5, 5.41) is 0. The molecule has 0 nitrogen and oxygen atoms in total. The van der Waals surface area contributed by atoms with Crippen LogP contribution < -0.4 is 0 Å². The third-order valence-corrected chi connectivity index (χ3v) is 4.27. The van der Waals surface area contributed by atoms with Gasteiger partial charge in [0.2, 0.25) is 0 Å². The quantitative estimate of drug-likeness (QED) is 0.133. The van der Waals surface area contributed by atoms with Gasteiger partial charge in [-0.2, -0.15) is 0 Å². The average molecular weight is 1290 g/mol. The molecule has 414 valence electrons. The van der Waals surface area contributed by atoms with Crippen molar-refractivity contribution in [2.45, 2.75) is 173 Å². The Balaban J connectivity index is -0.0000000182. The normalized spacial score (nSPS) is 5.25. The first-order valence-electron chi connectivity index (χ1n) is 24.4. The van der Waals surface area contributed by atoms with Gasteiger partial charge in [0.15, 0.2) is 0 Å². The molecule has 0 atom stereocenters. The molecule has 0 aromatic heterocycles. The van der Waals surface area contributed by atoms with Crippen LogP contribution in [-0.2, 0) is 131 Å². The van der Waals surface area contributed by atoms with Crippen molar-refractivity contribution >= 4 is 0 Å². The van der Waals surface area contributed by atoms with Gasteiger partial charge in [-0.15, -0.1) is 0 Å². The molecule has 6 rings (SSSR count). The first-order valence-corrected chi connectivity index (χ1v) is 24.4. The second-order valence-electron chi connectivity index (χ2n) is 7.43. The van der Waals surface area contributed by atoms with Gasteiger partial charge in [0.1, 0.15) is 0 Å². The summed E-state index contributed by atoms with van der Waals surface area (Å²) in [7, 11) is 0. The molecule has 0 heterocycles. The molecule has 0 aliphatic carbocycles. The summed E-state index contributed by atoms with van der Waals surface area (Å²) >= 11 is 0. The molecule has 4 heteroatoms. The largest absolute Gasteiger partial charge is 0.358 e. The maximum absolute atomic E-state index is 2.08. The summed E-state index contributed by atoms with van der Waals surface area (Å²) in [6.45, 7) is 50.1. The average Bonchev–Trinajstić information content (AvgIpc) is 3.44. The SMILES string of the molecule is CC.CC.CC.CC.CC.CC.CC.CC.CC.CC.CC.CC.Cc1ccccc1.[CH3-].[CH3-].[CH3-].[CH3-].[CH3-].[CH3-].[Y].[Y].[Y].[Y].c1ccccc1.c1ccccc1.c1ccccc1.c1ccccc1.c1ccccc1. The molecule has 0 aliphatic heterocycles. The van der Waals surface area contributed by atoms with E-state index in [4.69, 9.17) is 0 Å². The molecule has 0 saturated carbocycles. The second kappa shape index (κ2) is 231. The number of benzene rings is 6. The topological polar surface area (TPSA) is 0 Å². The van der Waals surface area contributed by atoms with Gasteiger partial charge in [-0.05, 0) is 6.92 Å². The first kappa shape index (κ1) is 145. The van der Waals surface area contributed by atoms with Crippen molar-refractivity contribution in [2.75, 3.05) is 0 Å². The van der Waals surface area contributed by atoms with E-state index in [1.165, 1.54) is 5.56 Å².